The number of aromatic amines is 1. The molecule has 2 N–H and O–H groups in total. The number of benzene rings is 1. The van der Waals surface area contributed by atoms with Crippen molar-refractivity contribution in [2.24, 2.45) is 0 Å². The number of nitrogens with one attached hydrogen (secondary N) is 2. The van der Waals surface area contributed by atoms with E-state index in [1.807, 2.05) is 32.0 Å². The summed E-state index contributed by atoms with van der Waals surface area (Å²) in [5.74, 6) is -0.860. The minimum absolute atomic E-state index is 0.252. The number of nitrogens with zero attached hydrogens (tertiary/aromatic N) is 1. The molecule has 6 heteroatoms. The van der Waals surface area contributed by atoms with Gasteiger partial charge in [0.15, 0.2) is 6.04 Å². The summed E-state index contributed by atoms with van der Waals surface area (Å²) in [5.41, 5.74) is 3.09. The van der Waals surface area contributed by atoms with Crippen molar-refractivity contribution in [3.05, 3.63) is 52.8 Å². The van der Waals surface area contributed by atoms with E-state index in [4.69, 9.17) is 4.74 Å². The smallest absolute Gasteiger partial charge is 0.333 e. The Hall–Kier alpha value is -2.63. The monoisotopic (exact) mass is 301 g/mol. The minimum Gasteiger partial charge on any atom is -0.464 e. The molecule has 0 aliphatic carbocycles. The molecule has 2 aromatic rings. The summed E-state index contributed by atoms with van der Waals surface area (Å²) < 4.78 is 5.09. The first kappa shape index (κ1) is 15.8. The van der Waals surface area contributed by atoms with E-state index in [0.717, 1.165) is 16.7 Å². The van der Waals surface area contributed by atoms with Crippen molar-refractivity contribution in [3.8, 4) is 0 Å². The van der Waals surface area contributed by atoms with Gasteiger partial charge in [0.2, 0.25) is 0 Å². The van der Waals surface area contributed by atoms with Gasteiger partial charge in [-0.25, -0.2) is 4.79 Å². The van der Waals surface area contributed by atoms with Crippen LogP contribution < -0.4 is 5.32 Å². The fourth-order valence-corrected chi connectivity index (χ4v) is 2.17. The highest BCUT2D eigenvalue weighted by molar-refractivity contribution is 5.96. The van der Waals surface area contributed by atoms with Crippen LogP contribution in [0.1, 0.15) is 40.0 Å². The number of H-pyrrole nitrogens is 1. The fourth-order valence-electron chi connectivity index (χ4n) is 2.17. The number of carbonyl (C=O) groups is 2. The Balaban J connectivity index is 2.32. The van der Waals surface area contributed by atoms with Crippen molar-refractivity contribution >= 4 is 11.9 Å². The zero-order valence-electron chi connectivity index (χ0n) is 12.8. The predicted octanol–water partition coefficient (Wildman–Crippen LogP) is 2.06. The molecule has 6 nitrogen and oxygen atoms in total. The summed E-state index contributed by atoms with van der Waals surface area (Å²) >= 11 is 0. The molecule has 0 bridgehead atoms. The number of hydrogen-bond acceptors (Lipinski definition) is 4. The van der Waals surface area contributed by atoms with Crippen molar-refractivity contribution < 1.29 is 14.3 Å². The highest BCUT2D eigenvalue weighted by atomic mass is 16.5. The number of esters is 1. The molecule has 2 rings (SSSR count). The summed E-state index contributed by atoms with van der Waals surface area (Å²) in [5, 5.41) is 9.02. The summed E-state index contributed by atoms with van der Waals surface area (Å²) in [4.78, 5) is 24.5. The standard InChI is InChI=1S/C16H19N3O3/c1-4-22-16(21)14(13-7-5-6-10(2)11(13)3)19-15(20)12-8-17-18-9-12/h5-9,14H,4H2,1-3H3,(H,17,18)(H,19,20)/t14-/m0/s1. The average Bonchev–Trinajstić information content (AvgIpc) is 3.02. The quantitative estimate of drug-likeness (QED) is 0.828. The van der Waals surface area contributed by atoms with Crippen LogP contribution in [0.5, 0.6) is 0 Å². The molecule has 0 aliphatic rings. The lowest BCUT2D eigenvalue weighted by Gasteiger charge is -2.20. The van der Waals surface area contributed by atoms with Crippen molar-refractivity contribution in [1.82, 2.24) is 15.5 Å². The van der Waals surface area contributed by atoms with E-state index < -0.39 is 12.0 Å². The number of ether oxygens (including phenoxy) is 1. The van der Waals surface area contributed by atoms with E-state index in [0.29, 0.717) is 5.56 Å². The van der Waals surface area contributed by atoms with Crippen molar-refractivity contribution in [2.45, 2.75) is 26.8 Å². The highest BCUT2D eigenvalue weighted by Gasteiger charge is 2.26. The first-order valence-electron chi connectivity index (χ1n) is 7.07. The van der Waals surface area contributed by atoms with E-state index in [1.54, 1.807) is 6.92 Å². The SMILES string of the molecule is CCOC(=O)[C@@H](NC(=O)c1cn[nH]c1)c1cccc(C)c1C. The molecular formula is C16H19N3O3. The summed E-state index contributed by atoms with van der Waals surface area (Å²) in [7, 11) is 0. The Bertz CT molecular complexity index is 665. The molecule has 116 valence electrons. The summed E-state index contributed by atoms with van der Waals surface area (Å²) in [6, 6.07) is 4.79. The maximum absolute atomic E-state index is 12.3. The first-order valence-corrected chi connectivity index (χ1v) is 7.07. The van der Waals surface area contributed by atoms with Gasteiger partial charge in [0, 0.05) is 6.20 Å². The molecular weight excluding hydrogens is 282 g/mol. The van der Waals surface area contributed by atoms with Crippen LogP contribution in [-0.2, 0) is 9.53 Å². The van der Waals surface area contributed by atoms with Crippen LogP contribution in [0.15, 0.2) is 30.6 Å². The summed E-state index contributed by atoms with van der Waals surface area (Å²) in [6.45, 7) is 5.86. The van der Waals surface area contributed by atoms with Gasteiger partial charge < -0.3 is 10.1 Å². The Morgan fingerprint density at radius 1 is 1.36 bits per heavy atom. The van der Waals surface area contributed by atoms with Crippen molar-refractivity contribution in [1.29, 1.82) is 0 Å². The lowest BCUT2D eigenvalue weighted by atomic mass is 9.97. The summed E-state index contributed by atoms with van der Waals surface area (Å²) in [6.07, 6.45) is 2.88. The van der Waals surface area contributed by atoms with Gasteiger partial charge in [-0.1, -0.05) is 18.2 Å². The number of aryl methyl sites for hydroxylation is 1. The Morgan fingerprint density at radius 2 is 2.14 bits per heavy atom. The van der Waals surface area contributed by atoms with E-state index in [2.05, 4.69) is 15.5 Å². The molecule has 1 amide bonds. The zero-order valence-corrected chi connectivity index (χ0v) is 12.8. The topological polar surface area (TPSA) is 84.1 Å². The van der Waals surface area contributed by atoms with Gasteiger partial charge in [-0.3, -0.25) is 9.89 Å². The number of rotatable bonds is 5. The highest BCUT2D eigenvalue weighted by Crippen LogP contribution is 2.22. The third kappa shape index (κ3) is 3.33. The van der Waals surface area contributed by atoms with E-state index in [9.17, 15) is 9.59 Å². The molecule has 0 aliphatic heterocycles. The van der Waals surface area contributed by atoms with E-state index >= 15 is 0 Å². The number of amides is 1. The third-order valence-electron chi connectivity index (χ3n) is 3.52. The van der Waals surface area contributed by atoms with Crippen LogP contribution in [0.4, 0.5) is 0 Å². The Labute approximate surface area is 128 Å². The number of aromatic nitrogens is 2. The molecule has 0 spiro atoms. The average molecular weight is 301 g/mol. The lowest BCUT2D eigenvalue weighted by Crippen LogP contribution is -2.35. The van der Waals surface area contributed by atoms with Crippen LogP contribution in [0.25, 0.3) is 0 Å². The van der Waals surface area contributed by atoms with E-state index in [-0.39, 0.29) is 12.5 Å². The van der Waals surface area contributed by atoms with Gasteiger partial charge in [0.1, 0.15) is 0 Å². The molecule has 0 saturated carbocycles. The van der Waals surface area contributed by atoms with Crippen LogP contribution in [-0.4, -0.2) is 28.7 Å². The van der Waals surface area contributed by atoms with Crippen molar-refractivity contribution in [3.63, 3.8) is 0 Å². The first-order chi connectivity index (χ1) is 10.5. The molecule has 0 fully saturated rings. The normalized spacial score (nSPS) is 11.8. The molecule has 1 heterocycles. The van der Waals surface area contributed by atoms with Gasteiger partial charge in [0.25, 0.3) is 5.91 Å². The van der Waals surface area contributed by atoms with Gasteiger partial charge in [-0.2, -0.15) is 5.10 Å². The fraction of sp³-hybridized carbons (Fsp3) is 0.312. The van der Waals surface area contributed by atoms with Crippen LogP contribution in [0, 0.1) is 13.8 Å². The largest absolute Gasteiger partial charge is 0.464 e. The van der Waals surface area contributed by atoms with Crippen LogP contribution in [0.2, 0.25) is 0 Å². The van der Waals surface area contributed by atoms with Crippen LogP contribution in [0.3, 0.4) is 0 Å². The molecule has 0 unspecified atom stereocenters. The molecule has 1 aromatic heterocycles. The predicted molar refractivity (Wildman–Crippen MR) is 81.3 cm³/mol. The molecule has 1 atom stereocenters. The second-order valence-corrected chi connectivity index (χ2v) is 4.93. The second kappa shape index (κ2) is 6.89. The molecule has 22 heavy (non-hydrogen) atoms. The maximum Gasteiger partial charge on any atom is 0.333 e. The Morgan fingerprint density at radius 3 is 2.77 bits per heavy atom. The molecule has 0 radical (unpaired) electrons. The lowest BCUT2D eigenvalue weighted by molar-refractivity contribution is -0.145. The van der Waals surface area contributed by atoms with Gasteiger partial charge >= 0.3 is 5.97 Å². The third-order valence-corrected chi connectivity index (χ3v) is 3.52. The van der Waals surface area contributed by atoms with Gasteiger partial charge in [-0.05, 0) is 37.5 Å². The molecule has 1 aromatic carbocycles. The Kier molecular flexibility index (Phi) is 4.93. The van der Waals surface area contributed by atoms with Crippen molar-refractivity contribution in [2.75, 3.05) is 6.61 Å². The van der Waals surface area contributed by atoms with E-state index in [1.165, 1.54) is 12.4 Å². The maximum atomic E-state index is 12.3. The molecule has 0 saturated heterocycles. The second-order valence-electron chi connectivity index (χ2n) is 4.93. The zero-order chi connectivity index (χ0) is 16.1. The van der Waals surface area contributed by atoms with Gasteiger partial charge in [-0.15, -0.1) is 0 Å². The van der Waals surface area contributed by atoms with Gasteiger partial charge in [0.05, 0.1) is 18.4 Å². The van der Waals surface area contributed by atoms with Crippen LogP contribution >= 0.6 is 0 Å². The number of carbonyl (C=O) groups excluding carboxylic acids is 2. The minimum atomic E-state index is -0.845. The number of hydrogen-bond donors (Lipinski definition) is 2.